The molecule has 0 spiro atoms. The Morgan fingerprint density at radius 2 is 0.667 bits per heavy atom. The second kappa shape index (κ2) is 19.9. The van der Waals surface area contributed by atoms with E-state index in [1.165, 1.54) is 11.1 Å². The molecule has 60 heavy (non-hydrogen) atoms. The average molecular weight is 787 g/mol. The summed E-state index contributed by atoms with van der Waals surface area (Å²) in [6, 6.07) is 70.7. The molecule has 0 saturated heterocycles. The molecule has 0 radical (unpaired) electrons. The van der Waals surface area contributed by atoms with E-state index in [9.17, 15) is 10.2 Å². The number of nitrogens with zero attached hydrogens (tertiary/aromatic N) is 4. The highest BCUT2D eigenvalue weighted by atomic mass is 16.3. The zero-order chi connectivity index (χ0) is 41.5. The van der Waals surface area contributed by atoms with E-state index in [4.69, 9.17) is 0 Å². The van der Waals surface area contributed by atoms with Crippen molar-refractivity contribution in [1.82, 2.24) is 19.1 Å². The van der Waals surface area contributed by atoms with Crippen LogP contribution in [0.2, 0.25) is 0 Å². The van der Waals surface area contributed by atoms with Crippen LogP contribution in [0.5, 0.6) is 11.5 Å². The quantitative estimate of drug-likeness (QED) is 0.134. The van der Waals surface area contributed by atoms with E-state index in [2.05, 4.69) is 58.7 Å². The van der Waals surface area contributed by atoms with Crippen LogP contribution in [0.15, 0.2) is 218 Å². The molecule has 0 bridgehead atoms. The van der Waals surface area contributed by atoms with Crippen molar-refractivity contribution in [3.63, 3.8) is 0 Å². The number of nitrogens with one attached hydrogen (secondary N) is 2. The highest BCUT2D eigenvalue weighted by molar-refractivity contribution is 5.84. The Morgan fingerprint density at radius 3 is 0.967 bits per heavy atom. The number of hydrogen-bond acceptors (Lipinski definition) is 6. The first-order valence-corrected chi connectivity index (χ1v) is 19.6. The molecule has 0 aliphatic rings. The van der Waals surface area contributed by atoms with Gasteiger partial charge < -0.3 is 20.8 Å². The van der Waals surface area contributed by atoms with Crippen molar-refractivity contribution in [3.8, 4) is 22.9 Å². The van der Waals surface area contributed by atoms with Gasteiger partial charge in [0.05, 0.1) is 22.1 Å². The Hall–Kier alpha value is -8.10. The number of phenols is 2. The van der Waals surface area contributed by atoms with E-state index < -0.39 is 0 Å². The van der Waals surface area contributed by atoms with Crippen LogP contribution in [-0.4, -0.2) is 29.3 Å². The molecule has 0 aliphatic carbocycles. The Labute approximate surface area is 350 Å². The maximum Gasteiger partial charge on any atom is 0.213 e. The van der Waals surface area contributed by atoms with E-state index in [0.717, 1.165) is 44.8 Å². The van der Waals surface area contributed by atoms with Gasteiger partial charge in [-0.15, -0.1) is 0 Å². The van der Waals surface area contributed by atoms with E-state index >= 15 is 0 Å². The maximum absolute atomic E-state index is 9.84. The van der Waals surface area contributed by atoms with Gasteiger partial charge in [0.1, 0.15) is 11.5 Å². The zero-order valence-corrected chi connectivity index (χ0v) is 33.5. The number of aromatic nitrogens is 4. The fourth-order valence-electron chi connectivity index (χ4n) is 6.34. The molecule has 0 atom stereocenters. The van der Waals surface area contributed by atoms with Crippen LogP contribution in [0.3, 0.4) is 0 Å². The van der Waals surface area contributed by atoms with Crippen molar-refractivity contribution in [3.05, 3.63) is 230 Å². The standard InChI is InChI=1S/2C19H15N3O.2C7H8/c2*23-16-11-12-17-18(13-16)22(15-9-5-2-6-10-15)19(21-17)20-14-7-3-1-4-8-14;2*1-7-5-3-2-4-6-7/h2*1-13,23H,(H,20,21);2*2-6H,1H3. The largest absolute Gasteiger partial charge is 0.508 e. The van der Waals surface area contributed by atoms with Crippen LogP contribution in [0.4, 0.5) is 23.3 Å². The summed E-state index contributed by atoms with van der Waals surface area (Å²) in [7, 11) is 0. The van der Waals surface area contributed by atoms with Gasteiger partial charge in [-0.2, -0.15) is 0 Å². The number of anilines is 4. The van der Waals surface area contributed by atoms with Crippen molar-refractivity contribution >= 4 is 45.3 Å². The molecule has 8 heteroatoms. The molecule has 0 saturated carbocycles. The summed E-state index contributed by atoms with van der Waals surface area (Å²) in [6.45, 7) is 4.17. The molecule has 2 heterocycles. The minimum absolute atomic E-state index is 0.223. The van der Waals surface area contributed by atoms with E-state index in [-0.39, 0.29) is 11.5 Å². The molecule has 0 fully saturated rings. The van der Waals surface area contributed by atoms with Gasteiger partial charge in [-0.05, 0) is 86.6 Å². The minimum Gasteiger partial charge on any atom is -0.508 e. The number of rotatable bonds is 6. The lowest BCUT2D eigenvalue weighted by molar-refractivity contribution is 0.475. The van der Waals surface area contributed by atoms with Gasteiger partial charge in [0, 0.05) is 34.9 Å². The Morgan fingerprint density at radius 1 is 0.367 bits per heavy atom. The molecule has 0 unspecified atom stereocenters. The maximum atomic E-state index is 9.84. The average Bonchev–Trinajstić information content (AvgIpc) is 3.82. The fourth-order valence-corrected chi connectivity index (χ4v) is 6.34. The van der Waals surface area contributed by atoms with Crippen molar-refractivity contribution in [2.75, 3.05) is 10.6 Å². The Kier molecular flexibility index (Phi) is 13.3. The van der Waals surface area contributed by atoms with Crippen LogP contribution in [0, 0.1) is 13.8 Å². The molecule has 4 N–H and O–H groups in total. The normalized spacial score (nSPS) is 10.3. The second-order valence-corrected chi connectivity index (χ2v) is 13.9. The van der Waals surface area contributed by atoms with Crippen molar-refractivity contribution in [2.24, 2.45) is 0 Å². The number of imidazole rings is 2. The van der Waals surface area contributed by atoms with Crippen molar-refractivity contribution < 1.29 is 10.2 Å². The first kappa shape index (κ1) is 40.1. The topological polar surface area (TPSA) is 100 Å². The third-order valence-electron chi connectivity index (χ3n) is 9.25. The number of phenolic OH excluding ortho intramolecular Hbond substituents is 2. The third-order valence-corrected chi connectivity index (χ3v) is 9.25. The van der Waals surface area contributed by atoms with Crippen molar-refractivity contribution in [2.45, 2.75) is 13.8 Å². The highest BCUT2D eigenvalue weighted by Crippen LogP contribution is 2.30. The number of hydrogen-bond donors (Lipinski definition) is 4. The van der Waals surface area contributed by atoms with E-state index in [1.54, 1.807) is 24.3 Å². The molecule has 8 nitrogen and oxygen atoms in total. The molecular formula is C52H46N6O2. The zero-order valence-electron chi connectivity index (χ0n) is 33.5. The molecule has 0 amide bonds. The first-order valence-electron chi connectivity index (χ1n) is 19.6. The van der Waals surface area contributed by atoms with Gasteiger partial charge in [0.25, 0.3) is 0 Å². The lowest BCUT2D eigenvalue weighted by Crippen LogP contribution is -2.01. The third kappa shape index (κ3) is 10.6. The number of fused-ring (bicyclic) bond motifs is 2. The molecule has 10 rings (SSSR count). The van der Waals surface area contributed by atoms with Gasteiger partial charge in [-0.25, -0.2) is 9.97 Å². The van der Waals surface area contributed by atoms with Crippen LogP contribution in [-0.2, 0) is 0 Å². The summed E-state index contributed by atoms with van der Waals surface area (Å²) in [5.41, 5.74) is 9.90. The van der Waals surface area contributed by atoms with Gasteiger partial charge in [-0.1, -0.05) is 145 Å². The molecule has 8 aromatic carbocycles. The summed E-state index contributed by atoms with van der Waals surface area (Å²) in [5.74, 6) is 1.87. The summed E-state index contributed by atoms with van der Waals surface area (Å²) < 4.78 is 4.00. The lowest BCUT2D eigenvalue weighted by atomic mass is 10.2. The van der Waals surface area contributed by atoms with E-state index in [0.29, 0.717) is 11.9 Å². The van der Waals surface area contributed by atoms with Crippen LogP contribution >= 0.6 is 0 Å². The Bertz CT molecular complexity index is 2630. The van der Waals surface area contributed by atoms with Crippen LogP contribution in [0.1, 0.15) is 11.1 Å². The van der Waals surface area contributed by atoms with Gasteiger partial charge in [-0.3, -0.25) is 9.13 Å². The summed E-state index contributed by atoms with van der Waals surface area (Å²) >= 11 is 0. The highest BCUT2D eigenvalue weighted by Gasteiger charge is 2.14. The minimum atomic E-state index is 0.223. The number of aromatic hydroxyl groups is 2. The lowest BCUT2D eigenvalue weighted by Gasteiger charge is -2.11. The fraction of sp³-hybridized carbons (Fsp3) is 0.0385. The summed E-state index contributed by atoms with van der Waals surface area (Å²) in [5, 5.41) is 26.4. The molecule has 2 aromatic heterocycles. The number of benzene rings is 8. The van der Waals surface area contributed by atoms with Crippen molar-refractivity contribution in [1.29, 1.82) is 0 Å². The predicted octanol–water partition coefficient (Wildman–Crippen LogP) is 12.9. The summed E-state index contributed by atoms with van der Waals surface area (Å²) in [4.78, 5) is 9.33. The van der Waals surface area contributed by atoms with Gasteiger partial charge >= 0.3 is 0 Å². The number of aryl methyl sites for hydroxylation is 2. The van der Waals surface area contributed by atoms with Gasteiger partial charge in [0.15, 0.2) is 0 Å². The molecular weight excluding hydrogens is 741 g/mol. The van der Waals surface area contributed by atoms with Gasteiger partial charge in [0.2, 0.25) is 11.9 Å². The monoisotopic (exact) mass is 786 g/mol. The molecule has 10 aromatic rings. The smallest absolute Gasteiger partial charge is 0.213 e. The molecule has 296 valence electrons. The SMILES string of the molecule is Cc1ccccc1.Cc1ccccc1.Oc1ccc2nc(Nc3ccccc3)n(-c3ccccc3)c2c1.Oc1ccc2nc(Nc3ccccc3)n(-c3ccccc3)c2c1. The van der Waals surface area contributed by atoms with Crippen LogP contribution < -0.4 is 10.6 Å². The molecule has 0 aliphatic heterocycles. The predicted molar refractivity (Wildman–Crippen MR) is 247 cm³/mol. The van der Waals surface area contributed by atoms with E-state index in [1.807, 2.05) is 179 Å². The van der Waals surface area contributed by atoms with Crippen LogP contribution in [0.25, 0.3) is 33.4 Å². The summed E-state index contributed by atoms with van der Waals surface area (Å²) in [6.07, 6.45) is 0. The number of para-hydroxylation sites is 4. The Balaban J connectivity index is 0.000000138. The second-order valence-electron chi connectivity index (χ2n) is 13.9. The first-order chi connectivity index (χ1) is 29.4.